The van der Waals surface area contributed by atoms with E-state index in [9.17, 15) is 0 Å². The molecule has 0 saturated carbocycles. The number of rotatable bonds is 5. The third kappa shape index (κ3) is 3.56. The lowest BCUT2D eigenvalue weighted by Crippen LogP contribution is -2.03. The molecule has 0 aliphatic carbocycles. The molecule has 84 valence electrons. The van der Waals surface area contributed by atoms with Gasteiger partial charge in [-0.1, -0.05) is 26.0 Å². The van der Waals surface area contributed by atoms with E-state index in [0.29, 0.717) is 18.9 Å². The highest BCUT2D eigenvalue weighted by Crippen LogP contribution is 2.27. The summed E-state index contributed by atoms with van der Waals surface area (Å²) in [6.45, 7) is 7.14. The minimum Gasteiger partial charge on any atom is -0.493 e. The van der Waals surface area contributed by atoms with Crippen LogP contribution in [0, 0.1) is 6.92 Å². The molecule has 0 bridgehead atoms. The van der Waals surface area contributed by atoms with Crippen molar-refractivity contribution in [3.63, 3.8) is 0 Å². The molecule has 0 fully saturated rings. The van der Waals surface area contributed by atoms with Gasteiger partial charge in [-0.2, -0.15) is 0 Å². The summed E-state index contributed by atoms with van der Waals surface area (Å²) in [7, 11) is 0. The van der Waals surface area contributed by atoms with Crippen molar-refractivity contribution in [1.29, 1.82) is 0 Å². The molecule has 0 spiro atoms. The van der Waals surface area contributed by atoms with Crippen LogP contribution in [-0.4, -0.2) is 18.3 Å². The maximum Gasteiger partial charge on any atom is 0.123 e. The fourth-order valence-corrected chi connectivity index (χ4v) is 1.49. The van der Waals surface area contributed by atoms with Crippen LogP contribution in [0.2, 0.25) is 0 Å². The number of aryl methyl sites for hydroxylation is 1. The number of aliphatic hydroxyl groups is 1. The molecule has 1 aromatic carbocycles. The Morgan fingerprint density at radius 1 is 1.33 bits per heavy atom. The number of aliphatic hydroxyl groups excluding tert-OH is 1. The van der Waals surface area contributed by atoms with Gasteiger partial charge >= 0.3 is 0 Å². The molecule has 0 aromatic heterocycles. The lowest BCUT2D eigenvalue weighted by Gasteiger charge is -2.14. The van der Waals surface area contributed by atoms with Crippen LogP contribution in [0.3, 0.4) is 0 Å². The number of benzene rings is 1. The monoisotopic (exact) mass is 208 g/mol. The zero-order chi connectivity index (χ0) is 11.3. The molecule has 1 aromatic rings. The van der Waals surface area contributed by atoms with Crippen molar-refractivity contribution in [3.8, 4) is 5.75 Å². The quantitative estimate of drug-likeness (QED) is 0.754. The van der Waals surface area contributed by atoms with E-state index in [2.05, 4.69) is 39.0 Å². The second kappa shape index (κ2) is 5.76. The van der Waals surface area contributed by atoms with E-state index in [1.807, 2.05) is 0 Å². The highest BCUT2D eigenvalue weighted by atomic mass is 16.5. The van der Waals surface area contributed by atoms with E-state index in [1.165, 1.54) is 11.1 Å². The summed E-state index contributed by atoms with van der Waals surface area (Å²) >= 11 is 0. The van der Waals surface area contributed by atoms with Gasteiger partial charge in [0.15, 0.2) is 0 Å². The fourth-order valence-electron chi connectivity index (χ4n) is 1.49. The zero-order valence-electron chi connectivity index (χ0n) is 9.79. The molecule has 0 heterocycles. The van der Waals surface area contributed by atoms with Gasteiger partial charge in [-0.25, -0.2) is 0 Å². The zero-order valence-corrected chi connectivity index (χ0v) is 9.79. The van der Waals surface area contributed by atoms with E-state index in [0.717, 1.165) is 5.75 Å². The van der Waals surface area contributed by atoms with Crippen LogP contribution in [0.5, 0.6) is 5.75 Å². The molecular formula is C13H20O2. The average Bonchev–Trinajstić information content (AvgIpc) is 2.18. The normalized spacial score (nSPS) is 10.7. The Balaban J connectivity index is 2.77. The second-order valence-electron chi connectivity index (χ2n) is 4.12. The number of hydrogen-bond donors (Lipinski definition) is 1. The summed E-state index contributed by atoms with van der Waals surface area (Å²) in [5, 5.41) is 8.70. The Morgan fingerprint density at radius 2 is 2.07 bits per heavy atom. The van der Waals surface area contributed by atoms with E-state index in [1.54, 1.807) is 0 Å². The summed E-state index contributed by atoms with van der Waals surface area (Å²) in [5.41, 5.74) is 2.44. The van der Waals surface area contributed by atoms with E-state index >= 15 is 0 Å². The molecule has 0 unspecified atom stereocenters. The van der Waals surface area contributed by atoms with Crippen molar-refractivity contribution in [2.24, 2.45) is 0 Å². The Labute approximate surface area is 91.9 Å². The van der Waals surface area contributed by atoms with Crippen molar-refractivity contribution in [3.05, 3.63) is 29.3 Å². The first-order valence-corrected chi connectivity index (χ1v) is 5.49. The van der Waals surface area contributed by atoms with E-state index < -0.39 is 0 Å². The molecule has 0 atom stereocenters. The van der Waals surface area contributed by atoms with Crippen molar-refractivity contribution in [2.75, 3.05) is 13.2 Å². The van der Waals surface area contributed by atoms with Crippen molar-refractivity contribution in [2.45, 2.75) is 33.1 Å². The summed E-state index contributed by atoms with van der Waals surface area (Å²) in [5.74, 6) is 1.42. The molecule has 0 amide bonds. The summed E-state index contributed by atoms with van der Waals surface area (Å²) in [4.78, 5) is 0. The third-order valence-electron chi connectivity index (χ3n) is 2.35. The van der Waals surface area contributed by atoms with Crippen molar-refractivity contribution < 1.29 is 9.84 Å². The van der Waals surface area contributed by atoms with Crippen molar-refractivity contribution in [1.82, 2.24) is 0 Å². The highest BCUT2D eigenvalue weighted by Gasteiger charge is 2.07. The molecule has 1 rings (SSSR count). The molecule has 0 saturated heterocycles. The van der Waals surface area contributed by atoms with E-state index in [4.69, 9.17) is 9.84 Å². The molecule has 1 N–H and O–H groups in total. The fraction of sp³-hybridized carbons (Fsp3) is 0.538. The van der Waals surface area contributed by atoms with E-state index in [-0.39, 0.29) is 6.61 Å². The first-order valence-electron chi connectivity index (χ1n) is 5.49. The second-order valence-corrected chi connectivity index (χ2v) is 4.12. The van der Waals surface area contributed by atoms with Gasteiger partial charge in [0.25, 0.3) is 0 Å². The van der Waals surface area contributed by atoms with Crippen LogP contribution < -0.4 is 4.74 Å². The molecular weight excluding hydrogens is 188 g/mol. The average molecular weight is 208 g/mol. The molecule has 2 nitrogen and oxygen atoms in total. The number of hydrogen-bond acceptors (Lipinski definition) is 2. The third-order valence-corrected chi connectivity index (χ3v) is 2.35. The molecule has 0 aliphatic rings. The molecule has 2 heteroatoms. The maximum absolute atomic E-state index is 8.70. The lowest BCUT2D eigenvalue weighted by atomic mass is 10.0. The van der Waals surface area contributed by atoms with Gasteiger partial charge < -0.3 is 9.84 Å². The number of ether oxygens (including phenoxy) is 1. The first-order chi connectivity index (χ1) is 7.15. The maximum atomic E-state index is 8.70. The molecule has 0 radical (unpaired) electrons. The SMILES string of the molecule is Cc1ccc(C(C)C)c(OCCCO)c1. The van der Waals surface area contributed by atoms with Gasteiger partial charge in [0.05, 0.1) is 6.61 Å². The lowest BCUT2D eigenvalue weighted by molar-refractivity contribution is 0.232. The predicted octanol–water partition coefficient (Wildman–Crippen LogP) is 2.88. The summed E-state index contributed by atoms with van der Waals surface area (Å²) < 4.78 is 5.66. The Kier molecular flexibility index (Phi) is 4.63. The smallest absolute Gasteiger partial charge is 0.123 e. The largest absolute Gasteiger partial charge is 0.493 e. The summed E-state index contributed by atoms with van der Waals surface area (Å²) in [6.07, 6.45) is 0.686. The van der Waals surface area contributed by atoms with Crippen LogP contribution in [0.25, 0.3) is 0 Å². The van der Waals surface area contributed by atoms with Gasteiger partial charge in [-0.3, -0.25) is 0 Å². The van der Waals surface area contributed by atoms with Gasteiger partial charge in [0.2, 0.25) is 0 Å². The highest BCUT2D eigenvalue weighted by molar-refractivity contribution is 5.39. The van der Waals surface area contributed by atoms with Crippen molar-refractivity contribution >= 4 is 0 Å². The summed E-state index contributed by atoms with van der Waals surface area (Å²) in [6, 6.07) is 6.29. The standard InChI is InChI=1S/C13H20O2/c1-10(2)12-6-5-11(3)9-13(12)15-8-4-7-14/h5-6,9-10,14H,4,7-8H2,1-3H3. The Hall–Kier alpha value is -1.02. The van der Waals surface area contributed by atoms with Gasteiger partial charge in [0.1, 0.15) is 5.75 Å². The van der Waals surface area contributed by atoms with Gasteiger partial charge in [-0.05, 0) is 30.0 Å². The Bertz CT molecular complexity index is 305. The topological polar surface area (TPSA) is 29.5 Å². The molecule has 0 aliphatic heterocycles. The van der Waals surface area contributed by atoms with Crippen LogP contribution in [0.1, 0.15) is 37.3 Å². The van der Waals surface area contributed by atoms with Crippen LogP contribution in [0.15, 0.2) is 18.2 Å². The van der Waals surface area contributed by atoms with Gasteiger partial charge in [-0.15, -0.1) is 0 Å². The van der Waals surface area contributed by atoms with Crippen LogP contribution >= 0.6 is 0 Å². The Morgan fingerprint density at radius 3 is 2.67 bits per heavy atom. The molecule has 15 heavy (non-hydrogen) atoms. The first kappa shape index (κ1) is 12.1. The van der Waals surface area contributed by atoms with Crippen LogP contribution in [-0.2, 0) is 0 Å². The minimum atomic E-state index is 0.183. The van der Waals surface area contributed by atoms with Gasteiger partial charge in [0, 0.05) is 13.0 Å². The minimum absolute atomic E-state index is 0.183. The predicted molar refractivity (Wildman–Crippen MR) is 62.5 cm³/mol. The van der Waals surface area contributed by atoms with Crippen LogP contribution in [0.4, 0.5) is 0 Å².